The van der Waals surface area contributed by atoms with Crippen molar-refractivity contribution in [2.75, 3.05) is 13.1 Å². The van der Waals surface area contributed by atoms with Crippen LogP contribution in [0.4, 0.5) is 0 Å². The Morgan fingerprint density at radius 1 is 1.12 bits per heavy atom. The van der Waals surface area contributed by atoms with E-state index in [0.29, 0.717) is 5.92 Å². The van der Waals surface area contributed by atoms with Gasteiger partial charge in [0.25, 0.3) is 0 Å². The Labute approximate surface area is 102 Å². The fourth-order valence-corrected chi connectivity index (χ4v) is 2.78. The Balaban J connectivity index is 2.04. The molecule has 3 N–H and O–H groups in total. The first-order chi connectivity index (χ1) is 8.36. The second-order valence-electron chi connectivity index (χ2n) is 4.85. The lowest BCUT2D eigenvalue weighted by Crippen LogP contribution is -2.23. The van der Waals surface area contributed by atoms with E-state index in [1.54, 1.807) is 0 Å². The van der Waals surface area contributed by atoms with Crippen molar-refractivity contribution in [2.45, 2.75) is 12.5 Å². The van der Waals surface area contributed by atoms with Crippen LogP contribution in [0.15, 0.2) is 42.5 Å². The smallest absolute Gasteiger partial charge is 0.0342 e. The van der Waals surface area contributed by atoms with E-state index in [0.717, 1.165) is 13.1 Å². The van der Waals surface area contributed by atoms with E-state index in [9.17, 15) is 0 Å². The van der Waals surface area contributed by atoms with Crippen LogP contribution >= 0.6 is 0 Å². The minimum absolute atomic E-state index is 0.149. The minimum atomic E-state index is 0.149. The van der Waals surface area contributed by atoms with Gasteiger partial charge in [-0.15, -0.1) is 0 Å². The number of hydrogen-bond acceptors (Lipinski definition) is 2. The van der Waals surface area contributed by atoms with Crippen molar-refractivity contribution in [3.63, 3.8) is 0 Å². The monoisotopic (exact) mass is 226 g/mol. The predicted octanol–water partition coefficient (Wildman–Crippen LogP) is 2.45. The molecule has 88 valence electrons. The van der Waals surface area contributed by atoms with Crippen molar-refractivity contribution in [2.24, 2.45) is 11.7 Å². The highest BCUT2D eigenvalue weighted by molar-refractivity contribution is 5.86. The summed E-state index contributed by atoms with van der Waals surface area (Å²) in [6.07, 6.45) is 1.18. The van der Waals surface area contributed by atoms with Crippen molar-refractivity contribution in [1.82, 2.24) is 5.32 Å². The highest BCUT2D eigenvalue weighted by Crippen LogP contribution is 2.29. The van der Waals surface area contributed by atoms with E-state index in [-0.39, 0.29) is 6.04 Å². The lowest BCUT2D eigenvalue weighted by Gasteiger charge is -2.20. The molecule has 2 aromatic carbocycles. The average molecular weight is 226 g/mol. The number of nitrogens with one attached hydrogen (secondary N) is 1. The molecule has 2 heteroatoms. The van der Waals surface area contributed by atoms with Crippen LogP contribution in [0.3, 0.4) is 0 Å². The van der Waals surface area contributed by atoms with E-state index in [4.69, 9.17) is 5.73 Å². The number of benzene rings is 2. The maximum absolute atomic E-state index is 6.43. The molecular weight excluding hydrogens is 208 g/mol. The molecular formula is C15H18N2. The van der Waals surface area contributed by atoms with Gasteiger partial charge in [0.05, 0.1) is 0 Å². The summed E-state index contributed by atoms with van der Waals surface area (Å²) in [5.41, 5.74) is 7.72. The lowest BCUT2D eigenvalue weighted by molar-refractivity contribution is 0.472. The summed E-state index contributed by atoms with van der Waals surface area (Å²) in [7, 11) is 0. The Kier molecular flexibility index (Phi) is 2.83. The summed E-state index contributed by atoms with van der Waals surface area (Å²) in [4.78, 5) is 0. The molecule has 1 aliphatic heterocycles. The van der Waals surface area contributed by atoms with Gasteiger partial charge in [-0.05, 0) is 41.8 Å². The van der Waals surface area contributed by atoms with E-state index >= 15 is 0 Å². The van der Waals surface area contributed by atoms with Gasteiger partial charge in [-0.3, -0.25) is 0 Å². The van der Waals surface area contributed by atoms with Crippen LogP contribution in [-0.4, -0.2) is 13.1 Å². The standard InChI is InChI=1S/C15H18N2/c16-15(12-8-9-17-10-12)14-7-3-5-11-4-1-2-6-13(11)14/h1-7,12,15,17H,8-10,16H2. The number of nitrogens with two attached hydrogens (primary N) is 1. The van der Waals surface area contributed by atoms with Crippen LogP contribution in [0.5, 0.6) is 0 Å². The Morgan fingerprint density at radius 2 is 1.94 bits per heavy atom. The van der Waals surface area contributed by atoms with Crippen molar-refractivity contribution < 1.29 is 0 Å². The van der Waals surface area contributed by atoms with Crippen LogP contribution in [0, 0.1) is 5.92 Å². The van der Waals surface area contributed by atoms with Gasteiger partial charge in [-0.25, -0.2) is 0 Å². The first kappa shape index (κ1) is 10.8. The molecule has 17 heavy (non-hydrogen) atoms. The summed E-state index contributed by atoms with van der Waals surface area (Å²) in [6, 6.07) is 15.1. The molecule has 1 aliphatic rings. The van der Waals surface area contributed by atoms with Crippen LogP contribution < -0.4 is 11.1 Å². The SMILES string of the molecule is NC(c1cccc2ccccc12)C1CCNC1. The van der Waals surface area contributed by atoms with Crippen LogP contribution in [0.1, 0.15) is 18.0 Å². The molecule has 0 radical (unpaired) electrons. The second kappa shape index (κ2) is 4.47. The average Bonchev–Trinajstić information content (AvgIpc) is 2.91. The first-order valence-electron chi connectivity index (χ1n) is 6.30. The quantitative estimate of drug-likeness (QED) is 0.825. The molecule has 0 aliphatic carbocycles. The third kappa shape index (κ3) is 1.94. The highest BCUT2D eigenvalue weighted by atomic mass is 14.9. The summed E-state index contributed by atoms with van der Waals surface area (Å²) in [5.74, 6) is 0.570. The highest BCUT2D eigenvalue weighted by Gasteiger charge is 2.23. The van der Waals surface area contributed by atoms with E-state index in [1.807, 2.05) is 0 Å². The molecule has 2 aromatic rings. The lowest BCUT2D eigenvalue weighted by atomic mass is 9.90. The van der Waals surface area contributed by atoms with Crippen LogP contribution in [0.2, 0.25) is 0 Å². The van der Waals surface area contributed by atoms with Gasteiger partial charge >= 0.3 is 0 Å². The third-order valence-electron chi connectivity index (χ3n) is 3.79. The molecule has 0 amide bonds. The summed E-state index contributed by atoms with van der Waals surface area (Å²) < 4.78 is 0. The fourth-order valence-electron chi connectivity index (χ4n) is 2.78. The summed E-state index contributed by atoms with van der Waals surface area (Å²) in [5, 5.41) is 5.98. The maximum Gasteiger partial charge on any atom is 0.0342 e. The van der Waals surface area contributed by atoms with E-state index in [2.05, 4.69) is 47.8 Å². The van der Waals surface area contributed by atoms with Crippen LogP contribution in [-0.2, 0) is 0 Å². The molecule has 0 aromatic heterocycles. The Hall–Kier alpha value is -1.38. The predicted molar refractivity (Wildman–Crippen MR) is 71.9 cm³/mol. The fraction of sp³-hybridized carbons (Fsp3) is 0.333. The second-order valence-corrected chi connectivity index (χ2v) is 4.85. The van der Waals surface area contributed by atoms with Gasteiger partial charge in [0, 0.05) is 6.04 Å². The van der Waals surface area contributed by atoms with Gasteiger partial charge in [-0.1, -0.05) is 42.5 Å². The van der Waals surface area contributed by atoms with Crippen LogP contribution in [0.25, 0.3) is 10.8 Å². The third-order valence-corrected chi connectivity index (χ3v) is 3.79. The Bertz CT molecular complexity index is 510. The molecule has 3 rings (SSSR count). The molecule has 0 spiro atoms. The topological polar surface area (TPSA) is 38.0 Å². The first-order valence-corrected chi connectivity index (χ1v) is 6.30. The maximum atomic E-state index is 6.43. The van der Waals surface area contributed by atoms with Crippen molar-refractivity contribution in [3.05, 3.63) is 48.0 Å². The van der Waals surface area contributed by atoms with Gasteiger partial charge < -0.3 is 11.1 Å². The summed E-state index contributed by atoms with van der Waals surface area (Å²) >= 11 is 0. The zero-order chi connectivity index (χ0) is 11.7. The normalized spacial score (nSPS) is 21.8. The number of fused-ring (bicyclic) bond motifs is 1. The van der Waals surface area contributed by atoms with Gasteiger partial charge in [0.15, 0.2) is 0 Å². The van der Waals surface area contributed by atoms with Crippen molar-refractivity contribution in [1.29, 1.82) is 0 Å². The molecule has 2 nitrogen and oxygen atoms in total. The molecule has 1 heterocycles. The zero-order valence-corrected chi connectivity index (χ0v) is 9.89. The zero-order valence-electron chi connectivity index (χ0n) is 9.89. The van der Waals surface area contributed by atoms with E-state index in [1.165, 1.54) is 22.8 Å². The van der Waals surface area contributed by atoms with Gasteiger partial charge in [-0.2, -0.15) is 0 Å². The summed E-state index contributed by atoms with van der Waals surface area (Å²) in [6.45, 7) is 2.15. The van der Waals surface area contributed by atoms with E-state index < -0.39 is 0 Å². The number of rotatable bonds is 2. The van der Waals surface area contributed by atoms with Gasteiger partial charge in [0.1, 0.15) is 0 Å². The Morgan fingerprint density at radius 3 is 2.76 bits per heavy atom. The van der Waals surface area contributed by atoms with Crippen molar-refractivity contribution in [3.8, 4) is 0 Å². The molecule has 0 saturated carbocycles. The molecule has 2 unspecified atom stereocenters. The van der Waals surface area contributed by atoms with Crippen molar-refractivity contribution >= 4 is 10.8 Å². The largest absolute Gasteiger partial charge is 0.324 e. The molecule has 1 saturated heterocycles. The number of hydrogen-bond donors (Lipinski definition) is 2. The molecule has 1 fully saturated rings. The molecule has 2 atom stereocenters. The minimum Gasteiger partial charge on any atom is -0.324 e. The molecule has 0 bridgehead atoms. The van der Waals surface area contributed by atoms with Gasteiger partial charge in [0.2, 0.25) is 0 Å².